The lowest BCUT2D eigenvalue weighted by atomic mass is 9.76. The zero-order chi connectivity index (χ0) is 13.6. The lowest BCUT2D eigenvalue weighted by Gasteiger charge is -2.40. The zero-order valence-electron chi connectivity index (χ0n) is 10.9. The Hall–Kier alpha value is -1.99. The highest BCUT2D eigenvalue weighted by Crippen LogP contribution is 2.38. The Kier molecular flexibility index (Phi) is 2.54. The molecule has 7 nitrogen and oxygen atoms in total. The Morgan fingerprint density at radius 2 is 2.32 bits per heavy atom. The van der Waals surface area contributed by atoms with E-state index >= 15 is 0 Å². The van der Waals surface area contributed by atoms with Crippen molar-refractivity contribution in [1.29, 1.82) is 5.41 Å². The molecule has 1 unspecified atom stereocenters. The van der Waals surface area contributed by atoms with Gasteiger partial charge in [-0.1, -0.05) is 13.8 Å². The molecule has 19 heavy (non-hydrogen) atoms. The second-order valence-corrected chi connectivity index (χ2v) is 5.33. The summed E-state index contributed by atoms with van der Waals surface area (Å²) >= 11 is 0. The first-order valence-corrected chi connectivity index (χ1v) is 6.25. The number of hydrogen-bond donors (Lipinski definition) is 4. The summed E-state index contributed by atoms with van der Waals surface area (Å²) in [6, 6.07) is 1.88. The summed E-state index contributed by atoms with van der Waals surface area (Å²) in [5, 5.41) is 14.2. The molecule has 0 saturated heterocycles. The lowest BCUT2D eigenvalue weighted by Crippen LogP contribution is -2.59. The summed E-state index contributed by atoms with van der Waals surface area (Å²) in [6.07, 6.45) is 4.13. The van der Waals surface area contributed by atoms with Crippen LogP contribution in [0.25, 0.3) is 0 Å². The molecule has 2 aliphatic heterocycles. The molecule has 5 N–H and O–H groups in total. The van der Waals surface area contributed by atoms with Gasteiger partial charge in [-0.3, -0.25) is 10.4 Å². The van der Waals surface area contributed by atoms with Crippen LogP contribution in [0.2, 0.25) is 0 Å². The van der Waals surface area contributed by atoms with E-state index in [-0.39, 0.29) is 0 Å². The third-order valence-electron chi connectivity index (χ3n) is 3.46. The third-order valence-corrected chi connectivity index (χ3v) is 3.46. The highest BCUT2D eigenvalue weighted by Gasteiger charge is 2.46. The number of hydrazine groups is 2. The third kappa shape index (κ3) is 1.62. The minimum absolute atomic E-state index is 0.317. The predicted octanol–water partition coefficient (Wildman–Crippen LogP) is 0.458. The molecule has 0 bridgehead atoms. The second-order valence-electron chi connectivity index (χ2n) is 5.33. The largest absolute Gasteiger partial charge is 0.316 e. The summed E-state index contributed by atoms with van der Waals surface area (Å²) in [7, 11) is 0. The van der Waals surface area contributed by atoms with Gasteiger partial charge in [0.15, 0.2) is 5.84 Å². The van der Waals surface area contributed by atoms with Crippen LogP contribution in [-0.2, 0) is 5.54 Å². The number of hydrogen-bond acceptors (Lipinski definition) is 7. The molecule has 2 aliphatic rings. The number of fused-ring (bicyclic) bond motifs is 3. The van der Waals surface area contributed by atoms with E-state index in [2.05, 4.69) is 35.0 Å². The van der Waals surface area contributed by atoms with Gasteiger partial charge in [0.05, 0.1) is 17.4 Å². The van der Waals surface area contributed by atoms with E-state index in [0.29, 0.717) is 23.9 Å². The van der Waals surface area contributed by atoms with Crippen molar-refractivity contribution in [1.82, 2.24) is 16.1 Å². The Morgan fingerprint density at radius 3 is 3.05 bits per heavy atom. The van der Waals surface area contributed by atoms with E-state index in [1.54, 1.807) is 17.4 Å². The maximum Gasteiger partial charge on any atom is 0.193 e. The Labute approximate surface area is 111 Å². The van der Waals surface area contributed by atoms with E-state index in [9.17, 15) is 0 Å². The molecule has 0 spiro atoms. The Bertz CT molecular complexity index is 565. The topological polar surface area (TPSA) is 102 Å². The first-order valence-electron chi connectivity index (χ1n) is 6.25. The number of pyridine rings is 1. The van der Waals surface area contributed by atoms with Gasteiger partial charge in [0.2, 0.25) is 0 Å². The molecule has 0 saturated carbocycles. The summed E-state index contributed by atoms with van der Waals surface area (Å²) in [5.41, 5.74) is 13.3. The van der Waals surface area contributed by atoms with Gasteiger partial charge in [-0.2, -0.15) is 0 Å². The molecule has 0 aliphatic carbocycles. The van der Waals surface area contributed by atoms with Crippen LogP contribution in [0, 0.1) is 11.3 Å². The van der Waals surface area contributed by atoms with Gasteiger partial charge in [0.1, 0.15) is 5.71 Å². The second kappa shape index (κ2) is 4.01. The number of nitrogens with zero attached hydrogens (tertiary/aromatic N) is 3. The van der Waals surface area contributed by atoms with Gasteiger partial charge < -0.3 is 5.73 Å². The van der Waals surface area contributed by atoms with E-state index in [1.165, 1.54) is 0 Å². The fourth-order valence-electron chi connectivity index (χ4n) is 2.70. The first-order chi connectivity index (χ1) is 9.04. The van der Waals surface area contributed by atoms with Crippen molar-refractivity contribution in [3.05, 3.63) is 24.0 Å². The number of anilines is 1. The standard InChI is InChI=1S/C12H17N7/c1-7(2)5-12(14)8-3-4-15-6-9(8)19-11(10(12)13)16-17-18-19/h3-4,6-7,13,17-18H,5,14H2,1-2H3. The molecule has 0 amide bonds. The predicted molar refractivity (Wildman–Crippen MR) is 73.5 cm³/mol. The molecule has 3 rings (SSSR count). The number of hydrazone groups is 1. The highest BCUT2D eigenvalue weighted by atomic mass is 15.8. The molecular formula is C12H17N7. The number of amidine groups is 1. The van der Waals surface area contributed by atoms with Crippen LogP contribution in [0.4, 0.5) is 5.69 Å². The van der Waals surface area contributed by atoms with Crippen LogP contribution in [-0.4, -0.2) is 16.5 Å². The molecular weight excluding hydrogens is 242 g/mol. The summed E-state index contributed by atoms with van der Waals surface area (Å²) in [5.74, 6) is 0.879. The molecule has 1 aromatic heterocycles. The SMILES string of the molecule is CC(C)CC1(N)C(=N)C2=NNNN2c2cnccc21. The minimum atomic E-state index is -0.824. The van der Waals surface area contributed by atoms with Gasteiger partial charge in [-0.05, 0) is 18.4 Å². The average Bonchev–Trinajstić information content (AvgIpc) is 2.85. The number of rotatable bonds is 2. The molecule has 100 valence electrons. The van der Waals surface area contributed by atoms with Crippen molar-refractivity contribution in [3.63, 3.8) is 0 Å². The van der Waals surface area contributed by atoms with E-state index in [4.69, 9.17) is 11.1 Å². The number of nitrogens with one attached hydrogen (secondary N) is 3. The average molecular weight is 259 g/mol. The highest BCUT2D eigenvalue weighted by molar-refractivity contribution is 6.49. The van der Waals surface area contributed by atoms with Crippen LogP contribution >= 0.6 is 0 Å². The first kappa shape index (κ1) is 12.1. The fourth-order valence-corrected chi connectivity index (χ4v) is 2.70. The van der Waals surface area contributed by atoms with Crippen LogP contribution in [0.15, 0.2) is 23.6 Å². The molecule has 0 aromatic carbocycles. The monoisotopic (exact) mass is 259 g/mol. The van der Waals surface area contributed by atoms with E-state index < -0.39 is 5.54 Å². The summed E-state index contributed by atoms with van der Waals surface area (Å²) in [4.78, 5) is 4.14. The van der Waals surface area contributed by atoms with E-state index in [1.807, 2.05) is 6.07 Å². The van der Waals surface area contributed by atoms with Crippen LogP contribution in [0.1, 0.15) is 25.8 Å². The Morgan fingerprint density at radius 1 is 1.53 bits per heavy atom. The van der Waals surface area contributed by atoms with Crippen molar-refractivity contribution in [2.45, 2.75) is 25.8 Å². The van der Waals surface area contributed by atoms with Gasteiger partial charge >= 0.3 is 0 Å². The molecule has 3 heterocycles. The zero-order valence-corrected chi connectivity index (χ0v) is 10.9. The van der Waals surface area contributed by atoms with Gasteiger partial charge in [0.25, 0.3) is 0 Å². The van der Waals surface area contributed by atoms with Crippen molar-refractivity contribution in [2.75, 3.05) is 5.01 Å². The smallest absolute Gasteiger partial charge is 0.193 e. The van der Waals surface area contributed by atoms with Crippen LogP contribution in [0.5, 0.6) is 0 Å². The molecule has 1 aromatic rings. The van der Waals surface area contributed by atoms with Crippen molar-refractivity contribution in [3.8, 4) is 0 Å². The normalized spacial score (nSPS) is 24.9. The van der Waals surface area contributed by atoms with Crippen LogP contribution < -0.4 is 21.8 Å². The summed E-state index contributed by atoms with van der Waals surface area (Å²) in [6.45, 7) is 4.20. The molecule has 7 heteroatoms. The van der Waals surface area contributed by atoms with Gasteiger partial charge in [-0.15, -0.1) is 10.6 Å². The fraction of sp³-hybridized carbons (Fsp3) is 0.417. The van der Waals surface area contributed by atoms with Crippen LogP contribution in [0.3, 0.4) is 0 Å². The lowest BCUT2D eigenvalue weighted by molar-refractivity contribution is 0.443. The molecule has 0 radical (unpaired) electrons. The number of aromatic nitrogens is 1. The van der Waals surface area contributed by atoms with Gasteiger partial charge in [0, 0.05) is 11.8 Å². The van der Waals surface area contributed by atoms with E-state index in [0.717, 1.165) is 11.3 Å². The van der Waals surface area contributed by atoms with Gasteiger partial charge in [-0.25, -0.2) is 10.5 Å². The molecule has 0 fully saturated rings. The number of nitrogens with two attached hydrogens (primary N) is 1. The quantitative estimate of drug-likeness (QED) is 0.618. The molecule has 1 atom stereocenters. The minimum Gasteiger partial charge on any atom is -0.316 e. The van der Waals surface area contributed by atoms with Crippen molar-refractivity contribution in [2.24, 2.45) is 16.8 Å². The Balaban J connectivity index is 2.19. The van der Waals surface area contributed by atoms with Crippen molar-refractivity contribution >= 4 is 17.2 Å². The maximum absolute atomic E-state index is 8.40. The van der Waals surface area contributed by atoms with Crippen molar-refractivity contribution < 1.29 is 0 Å². The maximum atomic E-state index is 8.40. The summed E-state index contributed by atoms with van der Waals surface area (Å²) < 4.78 is 0.